The quantitative estimate of drug-likeness (QED) is 0.903. The van der Waals surface area contributed by atoms with Crippen molar-refractivity contribution < 1.29 is 9.90 Å². The molecule has 1 aromatic heterocycles. The normalized spacial score (nSPS) is 20.9. The smallest absolute Gasteiger partial charge is 0.354 e. The molecule has 0 aromatic carbocycles. The van der Waals surface area contributed by atoms with Crippen molar-refractivity contribution in [2.75, 3.05) is 6.54 Å². The largest absolute Gasteiger partial charge is 0.477 e. The average Bonchev–Trinajstić information content (AvgIpc) is 2.71. The van der Waals surface area contributed by atoms with Gasteiger partial charge in [-0.3, -0.25) is 9.58 Å². The Hall–Kier alpha value is -1.36. The first-order chi connectivity index (χ1) is 8.99. The van der Waals surface area contributed by atoms with Crippen molar-refractivity contribution in [3.8, 4) is 0 Å². The topological polar surface area (TPSA) is 58.4 Å². The van der Waals surface area contributed by atoms with Crippen molar-refractivity contribution in [3.05, 3.63) is 17.5 Å². The Morgan fingerprint density at radius 3 is 2.84 bits per heavy atom. The van der Waals surface area contributed by atoms with Crippen LogP contribution in [0.1, 0.15) is 49.3 Å². The number of aryl methyl sites for hydroxylation is 1. The maximum Gasteiger partial charge on any atom is 0.354 e. The van der Waals surface area contributed by atoms with E-state index in [1.54, 1.807) is 13.1 Å². The van der Waals surface area contributed by atoms with Crippen molar-refractivity contribution in [1.29, 1.82) is 0 Å². The average molecular weight is 265 g/mol. The third kappa shape index (κ3) is 3.15. The summed E-state index contributed by atoms with van der Waals surface area (Å²) in [5.41, 5.74) is 1.15. The van der Waals surface area contributed by atoms with Gasteiger partial charge in [0, 0.05) is 25.6 Å². The molecule has 0 amide bonds. The molecule has 2 rings (SSSR count). The van der Waals surface area contributed by atoms with Crippen molar-refractivity contribution in [2.24, 2.45) is 7.05 Å². The highest BCUT2D eigenvalue weighted by Crippen LogP contribution is 2.22. The molecule has 1 saturated heterocycles. The van der Waals surface area contributed by atoms with Gasteiger partial charge in [0.25, 0.3) is 0 Å². The summed E-state index contributed by atoms with van der Waals surface area (Å²) in [7, 11) is 1.69. The summed E-state index contributed by atoms with van der Waals surface area (Å²) in [6.07, 6.45) is 4.54. The predicted molar refractivity (Wildman–Crippen MR) is 73.4 cm³/mol. The van der Waals surface area contributed by atoms with Gasteiger partial charge in [-0.1, -0.05) is 6.42 Å². The van der Waals surface area contributed by atoms with Crippen molar-refractivity contribution >= 4 is 5.97 Å². The van der Waals surface area contributed by atoms with E-state index >= 15 is 0 Å². The van der Waals surface area contributed by atoms with E-state index in [-0.39, 0.29) is 5.69 Å². The molecular formula is C14H23N3O2. The Labute approximate surface area is 114 Å². The first-order valence-corrected chi connectivity index (χ1v) is 7.01. The summed E-state index contributed by atoms with van der Waals surface area (Å²) in [4.78, 5) is 13.5. The van der Waals surface area contributed by atoms with Gasteiger partial charge in [-0.25, -0.2) is 4.79 Å². The van der Waals surface area contributed by atoms with Gasteiger partial charge in [0.05, 0.1) is 5.69 Å². The highest BCUT2D eigenvalue weighted by Gasteiger charge is 2.26. The fourth-order valence-electron chi connectivity index (χ4n) is 2.99. The molecule has 0 aliphatic carbocycles. The minimum atomic E-state index is -0.911. The Morgan fingerprint density at radius 1 is 1.53 bits per heavy atom. The second-order valence-electron chi connectivity index (χ2n) is 5.63. The van der Waals surface area contributed by atoms with Crippen LogP contribution < -0.4 is 0 Å². The van der Waals surface area contributed by atoms with Gasteiger partial charge < -0.3 is 5.11 Å². The first-order valence-electron chi connectivity index (χ1n) is 7.01. The second-order valence-corrected chi connectivity index (χ2v) is 5.63. The van der Waals surface area contributed by atoms with Gasteiger partial charge in [-0.15, -0.1) is 0 Å². The number of aromatic nitrogens is 2. The standard InChI is InChI=1S/C14H23N3O2/c1-10(2)17-7-5-4-6-12(17)8-11-9-13(14(18)19)16(3)15-11/h9-10,12H,4-8H2,1-3H3,(H,18,19). The molecule has 1 N–H and O–H groups in total. The Balaban J connectivity index is 2.10. The number of rotatable bonds is 4. The molecule has 2 heterocycles. The monoisotopic (exact) mass is 265 g/mol. The van der Waals surface area contributed by atoms with E-state index in [0.717, 1.165) is 18.7 Å². The molecule has 1 fully saturated rings. The number of piperidine rings is 1. The van der Waals surface area contributed by atoms with E-state index in [1.807, 2.05) is 0 Å². The molecule has 1 aliphatic rings. The van der Waals surface area contributed by atoms with Crippen LogP contribution in [0.2, 0.25) is 0 Å². The molecule has 106 valence electrons. The lowest BCUT2D eigenvalue weighted by molar-refractivity contribution is 0.0685. The number of hydrogen-bond donors (Lipinski definition) is 1. The van der Waals surface area contributed by atoms with Crippen molar-refractivity contribution in [3.63, 3.8) is 0 Å². The molecule has 1 unspecified atom stereocenters. The summed E-state index contributed by atoms with van der Waals surface area (Å²) < 4.78 is 1.46. The van der Waals surface area contributed by atoms with Gasteiger partial charge >= 0.3 is 5.97 Å². The van der Waals surface area contributed by atoms with Gasteiger partial charge in [-0.05, 0) is 39.3 Å². The summed E-state index contributed by atoms with van der Waals surface area (Å²) in [6, 6.07) is 2.73. The van der Waals surface area contributed by atoms with E-state index in [4.69, 9.17) is 5.11 Å². The molecule has 1 aromatic rings. The lowest BCUT2D eigenvalue weighted by Crippen LogP contribution is -2.45. The fraction of sp³-hybridized carbons (Fsp3) is 0.714. The Bertz CT molecular complexity index is 454. The van der Waals surface area contributed by atoms with E-state index in [9.17, 15) is 4.79 Å². The SMILES string of the molecule is CC(C)N1CCCCC1Cc1cc(C(=O)O)n(C)n1. The van der Waals surface area contributed by atoms with Crippen LogP contribution in [0.5, 0.6) is 0 Å². The van der Waals surface area contributed by atoms with Crippen LogP contribution in [-0.4, -0.2) is 44.4 Å². The molecular weight excluding hydrogens is 242 g/mol. The number of nitrogens with zero attached hydrogens (tertiary/aromatic N) is 3. The molecule has 5 nitrogen and oxygen atoms in total. The minimum absolute atomic E-state index is 0.266. The molecule has 19 heavy (non-hydrogen) atoms. The number of carbonyl (C=O) groups is 1. The summed E-state index contributed by atoms with van der Waals surface area (Å²) >= 11 is 0. The van der Waals surface area contributed by atoms with E-state index in [2.05, 4.69) is 23.8 Å². The van der Waals surface area contributed by atoms with Gasteiger partial charge in [0.2, 0.25) is 0 Å². The zero-order valence-electron chi connectivity index (χ0n) is 12.0. The van der Waals surface area contributed by atoms with Crippen LogP contribution in [0.4, 0.5) is 0 Å². The summed E-state index contributed by atoms with van der Waals surface area (Å²) in [6.45, 7) is 5.58. The van der Waals surface area contributed by atoms with Crippen LogP contribution in [0, 0.1) is 0 Å². The Kier molecular flexibility index (Phi) is 4.24. The number of likely N-dealkylation sites (tertiary alicyclic amines) is 1. The minimum Gasteiger partial charge on any atom is -0.477 e. The van der Waals surface area contributed by atoms with Crippen LogP contribution in [0.25, 0.3) is 0 Å². The molecule has 0 saturated carbocycles. The third-order valence-corrected chi connectivity index (χ3v) is 3.93. The van der Waals surface area contributed by atoms with Crippen LogP contribution in [0.15, 0.2) is 6.07 Å². The number of carboxylic acid groups (broad SMARTS) is 1. The van der Waals surface area contributed by atoms with E-state index in [0.29, 0.717) is 12.1 Å². The van der Waals surface area contributed by atoms with Gasteiger partial charge in [-0.2, -0.15) is 5.10 Å². The lowest BCUT2D eigenvalue weighted by atomic mass is 9.96. The number of carboxylic acids is 1. The molecule has 0 bridgehead atoms. The number of aromatic carboxylic acids is 1. The predicted octanol–water partition coefficient (Wildman–Crippen LogP) is 1.92. The van der Waals surface area contributed by atoms with Crippen molar-refractivity contribution in [1.82, 2.24) is 14.7 Å². The molecule has 0 spiro atoms. The fourth-order valence-corrected chi connectivity index (χ4v) is 2.99. The van der Waals surface area contributed by atoms with Crippen LogP contribution >= 0.6 is 0 Å². The highest BCUT2D eigenvalue weighted by atomic mass is 16.4. The third-order valence-electron chi connectivity index (χ3n) is 3.93. The summed E-state index contributed by atoms with van der Waals surface area (Å²) in [5.74, 6) is -0.911. The van der Waals surface area contributed by atoms with E-state index < -0.39 is 5.97 Å². The first kappa shape index (κ1) is 14.1. The maximum absolute atomic E-state index is 11.0. The lowest BCUT2D eigenvalue weighted by Gasteiger charge is -2.38. The molecule has 5 heteroatoms. The molecule has 0 radical (unpaired) electrons. The zero-order valence-corrected chi connectivity index (χ0v) is 12.0. The van der Waals surface area contributed by atoms with Crippen molar-refractivity contribution in [2.45, 2.75) is 51.6 Å². The van der Waals surface area contributed by atoms with Gasteiger partial charge in [0.15, 0.2) is 0 Å². The molecule has 1 atom stereocenters. The summed E-state index contributed by atoms with van der Waals surface area (Å²) in [5, 5.41) is 13.4. The maximum atomic E-state index is 11.0. The number of hydrogen-bond acceptors (Lipinski definition) is 3. The Morgan fingerprint density at radius 2 is 2.26 bits per heavy atom. The van der Waals surface area contributed by atoms with E-state index in [1.165, 1.54) is 23.9 Å². The zero-order chi connectivity index (χ0) is 14.0. The molecule has 1 aliphatic heterocycles. The van der Waals surface area contributed by atoms with Crippen LogP contribution in [0.3, 0.4) is 0 Å². The van der Waals surface area contributed by atoms with Gasteiger partial charge in [0.1, 0.15) is 5.69 Å². The highest BCUT2D eigenvalue weighted by molar-refractivity contribution is 5.85. The second kappa shape index (κ2) is 5.74. The van der Waals surface area contributed by atoms with Crippen LogP contribution in [-0.2, 0) is 13.5 Å².